The number of sulfone groups is 1. The molecule has 0 aliphatic carbocycles. The highest BCUT2D eigenvalue weighted by atomic mass is 32.2. The molecule has 2 heterocycles. The molecule has 0 saturated carbocycles. The number of nitrogens with one attached hydrogen (secondary N) is 1. The maximum absolute atomic E-state index is 12.6. The van der Waals surface area contributed by atoms with Crippen LogP contribution in [0.1, 0.15) is 38.2 Å². The van der Waals surface area contributed by atoms with Gasteiger partial charge < -0.3 is 10.2 Å². The van der Waals surface area contributed by atoms with Gasteiger partial charge in [-0.25, -0.2) is 8.42 Å². The van der Waals surface area contributed by atoms with Gasteiger partial charge in [-0.3, -0.25) is 9.69 Å². The summed E-state index contributed by atoms with van der Waals surface area (Å²) in [5, 5.41) is 3.01. The number of carbonyl (C=O) groups is 1. The molecule has 0 bridgehead atoms. The molecule has 0 aromatic heterocycles. The Hall–Kier alpha value is -1.60. The van der Waals surface area contributed by atoms with Crippen molar-refractivity contribution in [3.63, 3.8) is 0 Å². The average molecular weight is 394 g/mol. The second kappa shape index (κ2) is 8.61. The molecule has 3 rings (SSSR count). The van der Waals surface area contributed by atoms with Gasteiger partial charge in [0.05, 0.1) is 18.1 Å². The fourth-order valence-corrected chi connectivity index (χ4v) is 5.84. The van der Waals surface area contributed by atoms with Crippen LogP contribution in [0.5, 0.6) is 0 Å². The Morgan fingerprint density at radius 2 is 2.04 bits per heavy atom. The monoisotopic (exact) mass is 393 g/mol. The molecule has 0 radical (unpaired) electrons. The number of hydrogen-bond donors (Lipinski definition) is 1. The highest BCUT2D eigenvalue weighted by Gasteiger charge is 2.32. The van der Waals surface area contributed by atoms with Gasteiger partial charge in [0.15, 0.2) is 9.84 Å². The largest absolute Gasteiger partial charge is 0.372 e. The molecule has 1 unspecified atom stereocenters. The van der Waals surface area contributed by atoms with E-state index < -0.39 is 9.84 Å². The Balaban J connectivity index is 1.61. The molecule has 2 aliphatic rings. The minimum absolute atomic E-state index is 0.0423. The first-order valence-electron chi connectivity index (χ1n) is 9.98. The van der Waals surface area contributed by atoms with Gasteiger partial charge in [-0.05, 0) is 62.9 Å². The predicted octanol–water partition coefficient (Wildman–Crippen LogP) is 2.43. The number of aryl methyl sites for hydroxylation is 1. The second-order valence-electron chi connectivity index (χ2n) is 7.77. The predicted molar refractivity (Wildman–Crippen MR) is 110 cm³/mol. The van der Waals surface area contributed by atoms with Crippen LogP contribution in [-0.2, 0) is 14.6 Å². The number of nitrogens with zero attached hydrogens (tertiary/aromatic N) is 2. The van der Waals surface area contributed by atoms with Crippen molar-refractivity contribution in [2.24, 2.45) is 0 Å². The van der Waals surface area contributed by atoms with Crippen LogP contribution in [0.15, 0.2) is 18.2 Å². The molecule has 1 aromatic rings. The van der Waals surface area contributed by atoms with Crippen molar-refractivity contribution in [2.75, 3.05) is 47.9 Å². The summed E-state index contributed by atoms with van der Waals surface area (Å²) in [6.07, 6.45) is 4.00. The normalized spacial score (nSPS) is 21.7. The summed E-state index contributed by atoms with van der Waals surface area (Å²) in [6.45, 7) is 7.24. The molecular weight excluding hydrogens is 362 g/mol. The number of hydrogen-bond acceptors (Lipinski definition) is 5. The van der Waals surface area contributed by atoms with E-state index in [0.29, 0.717) is 6.42 Å². The number of benzene rings is 1. The fraction of sp³-hybridized carbons (Fsp3) is 0.650. The van der Waals surface area contributed by atoms with Crippen LogP contribution < -0.4 is 10.2 Å². The van der Waals surface area contributed by atoms with Crippen molar-refractivity contribution < 1.29 is 13.2 Å². The smallest absolute Gasteiger partial charge is 0.238 e. The summed E-state index contributed by atoms with van der Waals surface area (Å²) in [5.74, 6) is 0.324. The molecule has 1 aromatic carbocycles. The van der Waals surface area contributed by atoms with Crippen molar-refractivity contribution in [3.8, 4) is 0 Å². The van der Waals surface area contributed by atoms with E-state index in [9.17, 15) is 13.2 Å². The van der Waals surface area contributed by atoms with Gasteiger partial charge in [0.1, 0.15) is 0 Å². The molecule has 1 N–H and O–H groups in total. The van der Waals surface area contributed by atoms with Crippen molar-refractivity contribution in [1.82, 2.24) is 4.90 Å². The first-order chi connectivity index (χ1) is 12.9. The van der Waals surface area contributed by atoms with E-state index in [1.54, 1.807) is 0 Å². The molecule has 7 heteroatoms. The summed E-state index contributed by atoms with van der Waals surface area (Å²) >= 11 is 0. The third-order valence-electron chi connectivity index (χ3n) is 5.54. The van der Waals surface area contributed by atoms with Gasteiger partial charge >= 0.3 is 0 Å². The van der Waals surface area contributed by atoms with Gasteiger partial charge in [-0.1, -0.05) is 6.92 Å². The van der Waals surface area contributed by atoms with Crippen LogP contribution in [0.25, 0.3) is 0 Å². The van der Waals surface area contributed by atoms with E-state index in [0.717, 1.165) is 37.3 Å². The van der Waals surface area contributed by atoms with E-state index in [1.807, 2.05) is 17.9 Å². The lowest BCUT2D eigenvalue weighted by Gasteiger charge is -2.27. The minimum Gasteiger partial charge on any atom is -0.372 e. The van der Waals surface area contributed by atoms with Crippen molar-refractivity contribution in [1.29, 1.82) is 0 Å². The molecule has 2 fully saturated rings. The van der Waals surface area contributed by atoms with Crippen molar-refractivity contribution in [3.05, 3.63) is 23.8 Å². The Labute approximate surface area is 162 Å². The van der Waals surface area contributed by atoms with Crippen LogP contribution in [0.4, 0.5) is 11.4 Å². The minimum atomic E-state index is -2.95. The maximum Gasteiger partial charge on any atom is 0.238 e. The first kappa shape index (κ1) is 20.1. The third-order valence-corrected chi connectivity index (χ3v) is 7.29. The quantitative estimate of drug-likeness (QED) is 0.770. The third kappa shape index (κ3) is 5.23. The highest BCUT2D eigenvalue weighted by molar-refractivity contribution is 7.91. The topological polar surface area (TPSA) is 69.7 Å². The Bertz CT molecular complexity index is 773. The Morgan fingerprint density at radius 3 is 2.63 bits per heavy atom. The highest BCUT2D eigenvalue weighted by Crippen LogP contribution is 2.25. The fourth-order valence-electron chi connectivity index (χ4n) is 4.08. The van der Waals surface area contributed by atoms with E-state index in [4.69, 9.17) is 0 Å². The Morgan fingerprint density at radius 1 is 1.30 bits per heavy atom. The van der Waals surface area contributed by atoms with Crippen molar-refractivity contribution >= 4 is 27.1 Å². The lowest BCUT2D eigenvalue weighted by molar-refractivity contribution is -0.117. The van der Waals surface area contributed by atoms with Gasteiger partial charge in [0.25, 0.3) is 0 Å². The van der Waals surface area contributed by atoms with Gasteiger partial charge in [-0.2, -0.15) is 0 Å². The number of amides is 1. The zero-order chi connectivity index (χ0) is 19.4. The number of carbonyl (C=O) groups excluding carboxylic acids is 1. The summed E-state index contributed by atoms with van der Waals surface area (Å²) < 4.78 is 23.6. The zero-order valence-electron chi connectivity index (χ0n) is 16.4. The lowest BCUT2D eigenvalue weighted by atomic mass is 10.1. The average Bonchev–Trinajstić information content (AvgIpc) is 3.26. The van der Waals surface area contributed by atoms with Gasteiger partial charge in [-0.15, -0.1) is 0 Å². The molecular formula is C20H31N3O3S. The van der Waals surface area contributed by atoms with E-state index in [2.05, 4.69) is 29.3 Å². The maximum atomic E-state index is 12.6. The Kier molecular flexibility index (Phi) is 6.42. The van der Waals surface area contributed by atoms with Crippen molar-refractivity contribution in [2.45, 2.75) is 45.6 Å². The van der Waals surface area contributed by atoms with Crippen LogP contribution in [0.2, 0.25) is 0 Å². The summed E-state index contributed by atoms with van der Waals surface area (Å²) in [4.78, 5) is 17.0. The molecule has 1 atom stereocenters. The summed E-state index contributed by atoms with van der Waals surface area (Å²) in [7, 11) is -2.95. The number of anilines is 2. The van der Waals surface area contributed by atoms with E-state index in [-0.39, 0.29) is 30.0 Å². The van der Waals surface area contributed by atoms with Crippen LogP contribution in [-0.4, -0.2) is 63.0 Å². The standard InChI is InChI=1S/C20H31N3O3S/c1-3-9-23(18-8-12-27(25,26)15-18)14-20(24)21-19-7-6-17(13-16(19)2)22-10-4-5-11-22/h6-7,13,18H,3-5,8-12,14-15H2,1-2H3,(H,21,24). The van der Waals surface area contributed by atoms with Crippen LogP contribution in [0, 0.1) is 6.92 Å². The van der Waals surface area contributed by atoms with E-state index in [1.165, 1.54) is 18.5 Å². The van der Waals surface area contributed by atoms with E-state index >= 15 is 0 Å². The van der Waals surface area contributed by atoms with Crippen LogP contribution >= 0.6 is 0 Å². The molecule has 2 saturated heterocycles. The number of rotatable bonds is 7. The van der Waals surface area contributed by atoms with Gasteiger partial charge in [0.2, 0.25) is 5.91 Å². The summed E-state index contributed by atoms with van der Waals surface area (Å²) in [6, 6.07) is 6.14. The second-order valence-corrected chi connectivity index (χ2v) is 10.00. The molecule has 27 heavy (non-hydrogen) atoms. The molecule has 1 amide bonds. The first-order valence-corrected chi connectivity index (χ1v) is 11.8. The molecule has 0 spiro atoms. The van der Waals surface area contributed by atoms with Crippen LogP contribution in [0.3, 0.4) is 0 Å². The lowest BCUT2D eigenvalue weighted by Crippen LogP contribution is -2.42. The molecule has 6 nitrogen and oxygen atoms in total. The van der Waals surface area contributed by atoms with Gasteiger partial charge in [0, 0.05) is 30.5 Å². The summed E-state index contributed by atoms with van der Waals surface area (Å²) in [5.41, 5.74) is 3.10. The zero-order valence-corrected chi connectivity index (χ0v) is 17.2. The molecule has 150 valence electrons. The molecule has 2 aliphatic heterocycles. The SMILES string of the molecule is CCCN(CC(=O)Nc1ccc(N2CCCC2)cc1C)C1CCS(=O)(=O)C1.